The van der Waals surface area contributed by atoms with Gasteiger partial charge in [0.1, 0.15) is 5.01 Å². The van der Waals surface area contributed by atoms with Crippen LogP contribution < -0.4 is 11.1 Å². The predicted octanol–water partition coefficient (Wildman–Crippen LogP) is 2.91. The van der Waals surface area contributed by atoms with E-state index in [9.17, 15) is 4.79 Å². The fourth-order valence-electron chi connectivity index (χ4n) is 1.96. The smallest absolute Gasteiger partial charge is 0.251 e. The number of hydrogen-bond donors (Lipinski definition) is 2. The molecule has 5 heteroatoms. The van der Waals surface area contributed by atoms with Crippen LogP contribution in [0.1, 0.15) is 10.4 Å². The number of anilines is 1. The minimum Gasteiger partial charge on any atom is -0.399 e. The molecule has 4 nitrogen and oxygen atoms in total. The van der Waals surface area contributed by atoms with Crippen molar-refractivity contribution in [1.82, 2.24) is 10.3 Å². The van der Waals surface area contributed by atoms with Gasteiger partial charge >= 0.3 is 0 Å². The van der Waals surface area contributed by atoms with Gasteiger partial charge in [-0.25, -0.2) is 4.98 Å². The van der Waals surface area contributed by atoms with Crippen LogP contribution in [0.2, 0.25) is 0 Å². The first kappa shape index (κ1) is 12.6. The highest BCUT2D eigenvalue weighted by Crippen LogP contribution is 2.31. The lowest BCUT2D eigenvalue weighted by Gasteiger charge is -1.97. The summed E-state index contributed by atoms with van der Waals surface area (Å²) in [6.07, 6.45) is 0. The summed E-state index contributed by atoms with van der Waals surface area (Å²) in [5.74, 6) is -0.0886. The maximum Gasteiger partial charge on any atom is 0.251 e. The standard InChI is InChI=1S/C15H13N3OS/c1-17-14(19)10-4-7-12-13(8-10)20-15(18-12)9-2-5-11(16)6-3-9/h2-8H,16H2,1H3,(H,17,19). The van der Waals surface area contributed by atoms with Crippen molar-refractivity contribution in [1.29, 1.82) is 0 Å². The van der Waals surface area contributed by atoms with Crippen LogP contribution in [0, 0.1) is 0 Å². The van der Waals surface area contributed by atoms with E-state index in [0.717, 1.165) is 26.5 Å². The minimum atomic E-state index is -0.0886. The first-order valence-electron chi connectivity index (χ1n) is 6.16. The van der Waals surface area contributed by atoms with Gasteiger partial charge < -0.3 is 11.1 Å². The Balaban J connectivity index is 2.06. The molecule has 0 spiro atoms. The second kappa shape index (κ2) is 4.94. The van der Waals surface area contributed by atoms with Crippen LogP contribution in [0.25, 0.3) is 20.8 Å². The molecule has 0 unspecified atom stereocenters. The zero-order valence-corrected chi connectivity index (χ0v) is 11.7. The molecule has 20 heavy (non-hydrogen) atoms. The molecule has 0 fully saturated rings. The van der Waals surface area contributed by atoms with E-state index in [4.69, 9.17) is 5.73 Å². The third kappa shape index (κ3) is 2.23. The molecule has 0 saturated heterocycles. The third-order valence-corrected chi connectivity index (χ3v) is 4.10. The summed E-state index contributed by atoms with van der Waals surface area (Å²) in [7, 11) is 1.62. The molecule has 0 aliphatic carbocycles. The summed E-state index contributed by atoms with van der Waals surface area (Å²) in [6.45, 7) is 0. The van der Waals surface area contributed by atoms with Gasteiger partial charge in [0.25, 0.3) is 5.91 Å². The molecule has 0 bridgehead atoms. The van der Waals surface area contributed by atoms with E-state index in [1.807, 2.05) is 36.4 Å². The fourth-order valence-corrected chi connectivity index (χ4v) is 2.97. The number of carbonyl (C=O) groups excluding carboxylic acids is 1. The van der Waals surface area contributed by atoms with E-state index in [1.165, 1.54) is 0 Å². The first-order chi connectivity index (χ1) is 9.67. The van der Waals surface area contributed by atoms with E-state index in [1.54, 1.807) is 24.5 Å². The van der Waals surface area contributed by atoms with Gasteiger partial charge in [-0.15, -0.1) is 11.3 Å². The van der Waals surface area contributed by atoms with Crippen molar-refractivity contribution in [3.63, 3.8) is 0 Å². The molecular weight excluding hydrogens is 270 g/mol. The lowest BCUT2D eigenvalue weighted by molar-refractivity contribution is 0.0963. The third-order valence-electron chi connectivity index (χ3n) is 3.04. The Kier molecular flexibility index (Phi) is 3.12. The Morgan fingerprint density at radius 2 is 1.95 bits per heavy atom. The number of aromatic nitrogens is 1. The van der Waals surface area contributed by atoms with Crippen molar-refractivity contribution in [2.75, 3.05) is 12.8 Å². The second-order valence-electron chi connectivity index (χ2n) is 4.40. The van der Waals surface area contributed by atoms with E-state index in [2.05, 4.69) is 10.3 Å². The van der Waals surface area contributed by atoms with Crippen molar-refractivity contribution >= 4 is 33.1 Å². The highest BCUT2D eigenvalue weighted by Gasteiger charge is 2.09. The Hall–Kier alpha value is -2.40. The monoisotopic (exact) mass is 283 g/mol. The van der Waals surface area contributed by atoms with Crippen LogP contribution in [-0.2, 0) is 0 Å². The summed E-state index contributed by atoms with van der Waals surface area (Å²) in [5, 5.41) is 3.55. The van der Waals surface area contributed by atoms with E-state index < -0.39 is 0 Å². The zero-order valence-electron chi connectivity index (χ0n) is 10.9. The summed E-state index contributed by atoms with van der Waals surface area (Å²) in [6, 6.07) is 13.1. The van der Waals surface area contributed by atoms with Gasteiger partial charge in [-0.2, -0.15) is 0 Å². The highest BCUT2D eigenvalue weighted by molar-refractivity contribution is 7.21. The zero-order chi connectivity index (χ0) is 14.1. The number of nitrogen functional groups attached to an aromatic ring is 1. The highest BCUT2D eigenvalue weighted by atomic mass is 32.1. The van der Waals surface area contributed by atoms with Gasteiger partial charge in [0.05, 0.1) is 10.2 Å². The molecule has 0 saturated carbocycles. The summed E-state index contributed by atoms with van der Waals surface area (Å²) >= 11 is 1.57. The first-order valence-corrected chi connectivity index (χ1v) is 6.97. The van der Waals surface area contributed by atoms with Gasteiger partial charge in [0.15, 0.2) is 0 Å². The Bertz CT molecular complexity index is 777. The fraction of sp³-hybridized carbons (Fsp3) is 0.0667. The molecule has 3 N–H and O–H groups in total. The van der Waals surface area contributed by atoms with Crippen LogP contribution >= 0.6 is 11.3 Å². The second-order valence-corrected chi connectivity index (χ2v) is 5.43. The van der Waals surface area contributed by atoms with Crippen molar-refractivity contribution in [2.45, 2.75) is 0 Å². The molecule has 1 aromatic heterocycles. The molecule has 0 aliphatic rings. The Labute approximate surface area is 120 Å². The normalized spacial score (nSPS) is 10.7. The quantitative estimate of drug-likeness (QED) is 0.711. The summed E-state index contributed by atoms with van der Waals surface area (Å²) < 4.78 is 0.998. The van der Waals surface area contributed by atoms with E-state index in [-0.39, 0.29) is 5.91 Å². The SMILES string of the molecule is CNC(=O)c1ccc2nc(-c3ccc(N)cc3)sc2c1. The molecule has 2 aromatic carbocycles. The number of thiazole rings is 1. The molecule has 0 atom stereocenters. The van der Waals surface area contributed by atoms with Gasteiger partial charge in [0.2, 0.25) is 0 Å². The van der Waals surface area contributed by atoms with Crippen molar-refractivity contribution < 1.29 is 4.79 Å². The van der Waals surface area contributed by atoms with Crippen LogP contribution in [-0.4, -0.2) is 17.9 Å². The number of nitrogens with two attached hydrogens (primary N) is 1. The number of rotatable bonds is 2. The maximum atomic E-state index is 11.6. The molecule has 0 aliphatic heterocycles. The van der Waals surface area contributed by atoms with Crippen molar-refractivity contribution in [3.8, 4) is 10.6 Å². The molecule has 1 heterocycles. The summed E-state index contributed by atoms with van der Waals surface area (Å²) in [4.78, 5) is 16.2. The van der Waals surface area contributed by atoms with Gasteiger partial charge in [-0.1, -0.05) is 0 Å². The van der Waals surface area contributed by atoms with Crippen molar-refractivity contribution in [2.24, 2.45) is 0 Å². The number of nitrogens with zero attached hydrogens (tertiary/aromatic N) is 1. The van der Waals surface area contributed by atoms with Gasteiger partial charge in [-0.3, -0.25) is 4.79 Å². The number of amides is 1. The molecule has 1 amide bonds. The Morgan fingerprint density at radius 1 is 1.20 bits per heavy atom. The van der Waals surface area contributed by atoms with Crippen LogP contribution in [0.3, 0.4) is 0 Å². The molecule has 0 radical (unpaired) electrons. The minimum absolute atomic E-state index is 0.0886. The lowest BCUT2D eigenvalue weighted by Crippen LogP contribution is -2.17. The number of hydrogen-bond acceptors (Lipinski definition) is 4. The van der Waals surface area contributed by atoms with E-state index in [0.29, 0.717) is 5.56 Å². The molecule has 3 rings (SSSR count). The summed E-state index contributed by atoms with van der Waals surface area (Å²) in [5.41, 5.74) is 8.99. The average Bonchev–Trinajstić information content (AvgIpc) is 2.90. The average molecular weight is 283 g/mol. The number of nitrogens with one attached hydrogen (secondary N) is 1. The van der Waals surface area contributed by atoms with Gasteiger partial charge in [0, 0.05) is 23.9 Å². The van der Waals surface area contributed by atoms with Crippen LogP contribution in [0.5, 0.6) is 0 Å². The maximum absolute atomic E-state index is 11.6. The van der Waals surface area contributed by atoms with E-state index >= 15 is 0 Å². The lowest BCUT2D eigenvalue weighted by atomic mass is 10.2. The molecular formula is C15H13N3OS. The number of carbonyl (C=O) groups is 1. The Morgan fingerprint density at radius 3 is 2.65 bits per heavy atom. The number of fused-ring (bicyclic) bond motifs is 1. The van der Waals surface area contributed by atoms with Crippen LogP contribution in [0.4, 0.5) is 5.69 Å². The topological polar surface area (TPSA) is 68.0 Å². The predicted molar refractivity (Wildman–Crippen MR) is 82.9 cm³/mol. The number of benzene rings is 2. The molecule has 3 aromatic rings. The van der Waals surface area contributed by atoms with Crippen LogP contribution in [0.15, 0.2) is 42.5 Å². The van der Waals surface area contributed by atoms with Crippen molar-refractivity contribution in [3.05, 3.63) is 48.0 Å². The molecule has 100 valence electrons. The largest absolute Gasteiger partial charge is 0.399 e. The van der Waals surface area contributed by atoms with Gasteiger partial charge in [-0.05, 0) is 42.5 Å².